The predicted octanol–water partition coefficient (Wildman–Crippen LogP) is 8.30. The van der Waals surface area contributed by atoms with Crippen LogP contribution >= 0.6 is 54.1 Å². The summed E-state index contributed by atoms with van der Waals surface area (Å²) in [5.41, 5.74) is 2.48. The SMILES string of the molecule is O=[PH](OC(F)c1nc(-c2ccc(Cl)cc2)cs1)OC(F)c1nc(-c2ccc(Cl)cc2)cs1. The molecule has 0 aliphatic rings. The van der Waals surface area contributed by atoms with Gasteiger partial charge in [0.25, 0.3) is 12.7 Å². The van der Waals surface area contributed by atoms with Crippen molar-refractivity contribution in [1.29, 1.82) is 0 Å². The molecule has 0 aliphatic carbocycles. The van der Waals surface area contributed by atoms with Gasteiger partial charge in [-0.3, -0.25) is 13.6 Å². The van der Waals surface area contributed by atoms with Crippen LogP contribution < -0.4 is 0 Å². The fraction of sp³-hybridized carbons (Fsp3) is 0.100. The van der Waals surface area contributed by atoms with Gasteiger partial charge in [-0.1, -0.05) is 47.5 Å². The van der Waals surface area contributed by atoms with E-state index in [-0.39, 0.29) is 10.0 Å². The molecule has 2 atom stereocenters. The van der Waals surface area contributed by atoms with Crippen LogP contribution in [0.5, 0.6) is 0 Å². The van der Waals surface area contributed by atoms with E-state index in [1.54, 1.807) is 59.3 Å². The fourth-order valence-electron chi connectivity index (χ4n) is 2.59. The van der Waals surface area contributed by atoms with E-state index in [2.05, 4.69) is 9.97 Å². The first-order valence-corrected chi connectivity index (χ1v) is 12.7. The third-order valence-corrected chi connectivity index (χ3v) is 7.13. The smallest absolute Gasteiger partial charge is 0.268 e. The zero-order chi connectivity index (χ0) is 22.7. The highest BCUT2D eigenvalue weighted by Crippen LogP contribution is 2.41. The minimum Gasteiger partial charge on any atom is -0.268 e. The Kier molecular flexibility index (Phi) is 7.68. The summed E-state index contributed by atoms with van der Waals surface area (Å²) in [6, 6.07) is 13.7. The van der Waals surface area contributed by atoms with Gasteiger partial charge in [0.05, 0.1) is 11.4 Å². The summed E-state index contributed by atoms with van der Waals surface area (Å²) < 4.78 is 50.2. The Morgan fingerprint density at radius 1 is 0.750 bits per heavy atom. The third-order valence-electron chi connectivity index (χ3n) is 4.11. The first kappa shape index (κ1) is 23.4. The molecule has 12 heteroatoms. The maximum Gasteiger partial charge on any atom is 0.324 e. The van der Waals surface area contributed by atoms with Gasteiger partial charge in [0, 0.05) is 31.9 Å². The maximum absolute atomic E-state index is 14.4. The minimum atomic E-state index is -3.50. The number of halogens is 4. The molecule has 2 heterocycles. The number of hydrogen-bond acceptors (Lipinski definition) is 7. The molecule has 0 saturated heterocycles. The van der Waals surface area contributed by atoms with Crippen molar-refractivity contribution in [1.82, 2.24) is 9.97 Å². The molecule has 2 aromatic carbocycles. The van der Waals surface area contributed by atoms with E-state index in [4.69, 9.17) is 32.2 Å². The second kappa shape index (κ2) is 10.5. The van der Waals surface area contributed by atoms with Crippen LogP contribution in [0, 0.1) is 0 Å². The first-order valence-electron chi connectivity index (χ1n) is 8.97. The molecule has 4 rings (SSSR count). The summed E-state index contributed by atoms with van der Waals surface area (Å²) in [4.78, 5) is 8.25. The van der Waals surface area contributed by atoms with Crippen molar-refractivity contribution in [2.75, 3.05) is 0 Å². The van der Waals surface area contributed by atoms with Gasteiger partial charge < -0.3 is 0 Å². The molecule has 0 saturated carbocycles. The molecule has 5 nitrogen and oxygen atoms in total. The van der Waals surface area contributed by atoms with Crippen LogP contribution in [0.2, 0.25) is 10.0 Å². The molecule has 0 radical (unpaired) electrons. The Bertz CT molecular complexity index is 1130. The van der Waals surface area contributed by atoms with Crippen LogP contribution in [-0.2, 0) is 13.6 Å². The van der Waals surface area contributed by atoms with Gasteiger partial charge in [0.15, 0.2) is 10.0 Å². The first-order chi connectivity index (χ1) is 15.4. The average molecular weight is 533 g/mol. The van der Waals surface area contributed by atoms with Gasteiger partial charge in [-0.05, 0) is 24.3 Å². The normalized spacial score (nSPS) is 14.2. The number of nitrogens with zero attached hydrogens (tertiary/aromatic N) is 2. The Balaban J connectivity index is 1.35. The van der Waals surface area contributed by atoms with Crippen molar-refractivity contribution < 1.29 is 22.4 Å². The highest BCUT2D eigenvalue weighted by atomic mass is 35.5. The molecule has 0 N–H and O–H groups in total. The second-order valence-corrected chi connectivity index (χ2v) is 9.90. The summed E-state index contributed by atoms with van der Waals surface area (Å²) >= 11 is 13.7. The molecule has 166 valence electrons. The molecule has 0 fully saturated rings. The monoisotopic (exact) mass is 532 g/mol. The molecular formula is C20H13Cl2F2N2O3PS2. The van der Waals surface area contributed by atoms with Crippen LogP contribution in [0.4, 0.5) is 8.78 Å². The standard InChI is InChI=1S/C20H13Cl2F2N2O3PS2/c21-13-5-1-11(2-6-13)15-9-31-19(25-15)17(23)28-30(27)29-18(24)20-26-16(10-32-20)12-3-7-14(22)8-4-12/h1-10,17-18,30H. The molecular weight excluding hydrogens is 520 g/mol. The number of hydrogen-bond donors (Lipinski definition) is 0. The lowest BCUT2D eigenvalue weighted by Gasteiger charge is -2.09. The minimum absolute atomic E-state index is 0.0634. The van der Waals surface area contributed by atoms with Gasteiger partial charge in [0.2, 0.25) is 0 Å². The summed E-state index contributed by atoms with van der Waals surface area (Å²) in [6.07, 6.45) is -4.25. The Morgan fingerprint density at radius 2 is 1.12 bits per heavy atom. The van der Waals surface area contributed by atoms with E-state index in [1.807, 2.05) is 0 Å². The van der Waals surface area contributed by atoms with Crippen LogP contribution in [0.15, 0.2) is 59.3 Å². The molecule has 0 aliphatic heterocycles. The lowest BCUT2D eigenvalue weighted by atomic mass is 10.2. The summed E-state index contributed by atoms with van der Waals surface area (Å²) in [5.74, 6) is 0. The average Bonchev–Trinajstić information content (AvgIpc) is 3.45. The zero-order valence-corrected chi connectivity index (χ0v) is 20.0. The van der Waals surface area contributed by atoms with E-state index in [1.165, 1.54) is 0 Å². The largest absolute Gasteiger partial charge is 0.324 e. The summed E-state index contributed by atoms with van der Waals surface area (Å²) in [7, 11) is -3.50. The molecule has 4 aromatic rings. The maximum atomic E-state index is 14.4. The van der Waals surface area contributed by atoms with Crippen LogP contribution in [0.25, 0.3) is 22.5 Å². The van der Waals surface area contributed by atoms with E-state index >= 15 is 0 Å². The lowest BCUT2D eigenvalue weighted by molar-refractivity contribution is 0.0126. The number of alkyl halides is 2. The predicted molar refractivity (Wildman–Crippen MR) is 124 cm³/mol. The zero-order valence-electron chi connectivity index (χ0n) is 15.9. The highest BCUT2D eigenvalue weighted by Gasteiger charge is 2.23. The number of aromatic nitrogens is 2. The highest BCUT2D eigenvalue weighted by molar-refractivity contribution is 7.33. The fourth-order valence-corrected chi connectivity index (χ4v) is 5.08. The second-order valence-electron chi connectivity index (χ2n) is 6.27. The Labute approximate surface area is 200 Å². The van der Waals surface area contributed by atoms with E-state index in [0.29, 0.717) is 21.4 Å². The quantitative estimate of drug-likeness (QED) is 0.213. The molecule has 0 spiro atoms. The lowest BCUT2D eigenvalue weighted by Crippen LogP contribution is -1.97. The number of benzene rings is 2. The summed E-state index contributed by atoms with van der Waals surface area (Å²) in [6.45, 7) is 0. The number of rotatable bonds is 8. The molecule has 0 amide bonds. The van der Waals surface area contributed by atoms with Crippen molar-refractivity contribution in [3.63, 3.8) is 0 Å². The van der Waals surface area contributed by atoms with Crippen LogP contribution in [-0.4, -0.2) is 9.97 Å². The molecule has 2 unspecified atom stereocenters. The van der Waals surface area contributed by atoms with Crippen molar-refractivity contribution in [2.45, 2.75) is 12.7 Å². The van der Waals surface area contributed by atoms with Gasteiger partial charge in [-0.2, -0.15) is 0 Å². The van der Waals surface area contributed by atoms with Gasteiger partial charge in [-0.15, -0.1) is 22.7 Å². The molecule has 0 bridgehead atoms. The summed E-state index contributed by atoms with van der Waals surface area (Å²) in [5, 5.41) is 4.25. The van der Waals surface area contributed by atoms with Gasteiger partial charge in [-0.25, -0.2) is 18.7 Å². The molecule has 2 aromatic heterocycles. The van der Waals surface area contributed by atoms with Crippen molar-refractivity contribution in [3.8, 4) is 22.5 Å². The Hall–Kier alpha value is -1.71. The van der Waals surface area contributed by atoms with Gasteiger partial charge >= 0.3 is 8.25 Å². The van der Waals surface area contributed by atoms with E-state index in [0.717, 1.165) is 33.8 Å². The topological polar surface area (TPSA) is 61.3 Å². The van der Waals surface area contributed by atoms with Crippen LogP contribution in [0.3, 0.4) is 0 Å². The Morgan fingerprint density at radius 3 is 1.50 bits per heavy atom. The van der Waals surface area contributed by atoms with Gasteiger partial charge in [0.1, 0.15) is 0 Å². The van der Waals surface area contributed by atoms with Crippen LogP contribution in [0.1, 0.15) is 22.7 Å². The van der Waals surface area contributed by atoms with Crippen molar-refractivity contribution in [3.05, 3.63) is 79.4 Å². The van der Waals surface area contributed by atoms with Crippen molar-refractivity contribution in [2.24, 2.45) is 0 Å². The van der Waals surface area contributed by atoms with E-state index < -0.39 is 21.0 Å². The van der Waals surface area contributed by atoms with E-state index in [9.17, 15) is 13.3 Å². The third kappa shape index (κ3) is 5.80. The number of thiazole rings is 2. The van der Waals surface area contributed by atoms with Crippen molar-refractivity contribution >= 4 is 54.1 Å². The molecule has 32 heavy (non-hydrogen) atoms.